The second kappa shape index (κ2) is 9.26. The van der Waals surface area contributed by atoms with Crippen molar-refractivity contribution < 1.29 is 9.53 Å². The second-order valence-corrected chi connectivity index (χ2v) is 8.62. The minimum Gasteiger partial charge on any atom is -0.496 e. The smallest absolute Gasteiger partial charge is 0.254 e. The molecular weight excluding hydrogens is 388 g/mol. The number of ether oxygens (including phenoxy) is 1. The molecule has 0 aliphatic carbocycles. The number of benzene rings is 2. The summed E-state index contributed by atoms with van der Waals surface area (Å²) in [6.07, 6.45) is 0. The Kier molecular flexibility index (Phi) is 6.75. The van der Waals surface area contributed by atoms with Crippen molar-refractivity contribution in [2.24, 2.45) is 0 Å². The maximum absolute atomic E-state index is 12.9. The van der Waals surface area contributed by atoms with Crippen LogP contribution in [0.15, 0.2) is 58.8 Å². The Bertz CT molecular complexity index is 938. The third-order valence-electron chi connectivity index (χ3n) is 4.64. The molecule has 0 saturated heterocycles. The van der Waals surface area contributed by atoms with Crippen LogP contribution in [0.1, 0.15) is 39.6 Å². The number of carbonyl (C=O) groups excluding carboxylic acids is 1. The van der Waals surface area contributed by atoms with Crippen LogP contribution in [0.2, 0.25) is 0 Å². The fraction of sp³-hybridized carbons (Fsp3) is 0.273. The van der Waals surface area contributed by atoms with Gasteiger partial charge in [-0.25, -0.2) is 4.98 Å². The van der Waals surface area contributed by atoms with Crippen molar-refractivity contribution in [2.75, 3.05) is 14.2 Å². The average molecular weight is 413 g/mol. The Balaban J connectivity index is 1.66. The van der Waals surface area contributed by atoms with Crippen LogP contribution in [0, 0.1) is 6.92 Å². The van der Waals surface area contributed by atoms with E-state index in [-0.39, 0.29) is 11.9 Å². The molecule has 1 aromatic heterocycles. The molecule has 0 radical (unpaired) electrons. The maximum Gasteiger partial charge on any atom is 0.254 e. The number of amides is 1. The van der Waals surface area contributed by atoms with Gasteiger partial charge in [0.05, 0.1) is 23.9 Å². The summed E-state index contributed by atoms with van der Waals surface area (Å²) in [7, 11) is 3.48. The molecule has 0 fully saturated rings. The highest BCUT2D eigenvalue weighted by Crippen LogP contribution is 2.29. The van der Waals surface area contributed by atoms with Gasteiger partial charge in [-0.3, -0.25) is 4.79 Å². The van der Waals surface area contributed by atoms with E-state index in [0.717, 1.165) is 32.7 Å². The molecule has 0 saturated carbocycles. The Labute approximate surface area is 174 Å². The SMILES string of the molecule is COc1ccccc1C(C)N(C)C(=O)c1ccc(SCc2csc(C)n2)cc1. The first kappa shape index (κ1) is 20.4. The average Bonchev–Trinajstić information content (AvgIpc) is 3.16. The zero-order valence-corrected chi connectivity index (χ0v) is 18.1. The molecule has 1 unspecified atom stereocenters. The lowest BCUT2D eigenvalue weighted by atomic mass is 10.0. The molecule has 1 heterocycles. The summed E-state index contributed by atoms with van der Waals surface area (Å²) in [5.41, 5.74) is 2.77. The van der Waals surface area contributed by atoms with Crippen molar-refractivity contribution in [1.29, 1.82) is 0 Å². The van der Waals surface area contributed by atoms with E-state index in [4.69, 9.17) is 4.74 Å². The normalized spacial score (nSPS) is 11.9. The fourth-order valence-electron chi connectivity index (χ4n) is 2.93. The lowest BCUT2D eigenvalue weighted by Crippen LogP contribution is -2.29. The highest BCUT2D eigenvalue weighted by molar-refractivity contribution is 7.98. The number of aryl methyl sites for hydroxylation is 1. The van der Waals surface area contributed by atoms with Crippen LogP contribution in [0.3, 0.4) is 0 Å². The molecule has 3 rings (SSSR count). The van der Waals surface area contributed by atoms with Crippen molar-refractivity contribution in [2.45, 2.75) is 30.5 Å². The van der Waals surface area contributed by atoms with Gasteiger partial charge in [-0.1, -0.05) is 18.2 Å². The van der Waals surface area contributed by atoms with Gasteiger partial charge in [-0.15, -0.1) is 23.1 Å². The van der Waals surface area contributed by atoms with Crippen molar-refractivity contribution in [3.05, 3.63) is 75.7 Å². The van der Waals surface area contributed by atoms with Gasteiger partial charge in [0.2, 0.25) is 0 Å². The minimum atomic E-state index is -0.0920. The molecule has 1 atom stereocenters. The number of hydrogen-bond donors (Lipinski definition) is 0. The second-order valence-electron chi connectivity index (χ2n) is 6.50. The van der Waals surface area contributed by atoms with Crippen LogP contribution in [0.5, 0.6) is 5.75 Å². The lowest BCUT2D eigenvalue weighted by molar-refractivity contribution is 0.0741. The van der Waals surface area contributed by atoms with E-state index < -0.39 is 0 Å². The van der Waals surface area contributed by atoms with Crippen molar-refractivity contribution in [3.8, 4) is 5.75 Å². The molecule has 146 valence electrons. The van der Waals surface area contributed by atoms with Crippen LogP contribution in [-0.2, 0) is 5.75 Å². The topological polar surface area (TPSA) is 42.4 Å². The third kappa shape index (κ3) is 4.75. The Morgan fingerprint density at radius 1 is 1.21 bits per heavy atom. The molecule has 2 aromatic carbocycles. The number of para-hydroxylation sites is 1. The number of nitrogens with zero attached hydrogens (tertiary/aromatic N) is 2. The van der Waals surface area contributed by atoms with E-state index in [1.165, 1.54) is 0 Å². The molecule has 0 bridgehead atoms. The number of hydrogen-bond acceptors (Lipinski definition) is 5. The summed E-state index contributed by atoms with van der Waals surface area (Å²) in [6, 6.07) is 15.5. The van der Waals surface area contributed by atoms with Gasteiger partial charge in [0.15, 0.2) is 0 Å². The van der Waals surface area contributed by atoms with E-state index in [9.17, 15) is 4.79 Å². The van der Waals surface area contributed by atoms with E-state index in [2.05, 4.69) is 10.4 Å². The summed E-state index contributed by atoms with van der Waals surface area (Å²) < 4.78 is 5.44. The van der Waals surface area contributed by atoms with Crippen LogP contribution < -0.4 is 4.74 Å². The van der Waals surface area contributed by atoms with Crippen LogP contribution in [-0.4, -0.2) is 29.9 Å². The highest BCUT2D eigenvalue weighted by atomic mass is 32.2. The van der Waals surface area contributed by atoms with E-state index in [0.29, 0.717) is 5.56 Å². The first-order chi connectivity index (χ1) is 13.5. The third-order valence-corrected chi connectivity index (χ3v) is 6.51. The van der Waals surface area contributed by atoms with Crippen LogP contribution >= 0.6 is 23.1 Å². The standard InChI is InChI=1S/C22H24N2O2S2/c1-15(20-7-5-6-8-21(20)26-4)24(3)22(25)17-9-11-19(12-10-17)28-14-18-13-27-16(2)23-18/h5-13,15H,14H2,1-4H3. The molecule has 1 amide bonds. The number of thiazole rings is 1. The minimum absolute atomic E-state index is 0.00918. The predicted molar refractivity (Wildman–Crippen MR) is 116 cm³/mol. The quantitative estimate of drug-likeness (QED) is 0.475. The summed E-state index contributed by atoms with van der Waals surface area (Å²) in [5.74, 6) is 1.62. The van der Waals surface area contributed by atoms with Gasteiger partial charge in [-0.2, -0.15) is 0 Å². The van der Waals surface area contributed by atoms with Gasteiger partial charge in [0.25, 0.3) is 5.91 Å². The number of thioether (sulfide) groups is 1. The Hall–Kier alpha value is -2.31. The van der Waals surface area contributed by atoms with E-state index >= 15 is 0 Å². The van der Waals surface area contributed by atoms with Crippen molar-refractivity contribution in [3.63, 3.8) is 0 Å². The molecule has 0 aliphatic heterocycles. The van der Waals surface area contributed by atoms with E-state index in [1.54, 1.807) is 35.1 Å². The van der Waals surface area contributed by atoms with Gasteiger partial charge in [0, 0.05) is 34.2 Å². The Morgan fingerprint density at radius 2 is 1.93 bits per heavy atom. The summed E-state index contributed by atoms with van der Waals surface area (Å²) in [4.78, 5) is 20.3. The fourth-order valence-corrected chi connectivity index (χ4v) is 4.43. The van der Waals surface area contributed by atoms with Gasteiger partial charge < -0.3 is 9.64 Å². The van der Waals surface area contributed by atoms with Crippen LogP contribution in [0.4, 0.5) is 0 Å². The van der Waals surface area contributed by atoms with Gasteiger partial charge in [0.1, 0.15) is 5.75 Å². The van der Waals surface area contributed by atoms with Crippen molar-refractivity contribution in [1.82, 2.24) is 9.88 Å². The molecule has 4 nitrogen and oxygen atoms in total. The first-order valence-electron chi connectivity index (χ1n) is 9.03. The maximum atomic E-state index is 12.9. The van der Waals surface area contributed by atoms with Crippen molar-refractivity contribution >= 4 is 29.0 Å². The summed E-state index contributed by atoms with van der Waals surface area (Å²) in [6.45, 7) is 4.03. The van der Waals surface area contributed by atoms with Gasteiger partial charge in [-0.05, 0) is 44.2 Å². The molecule has 0 spiro atoms. The lowest BCUT2D eigenvalue weighted by Gasteiger charge is -2.26. The number of methoxy groups -OCH3 is 1. The number of aromatic nitrogens is 1. The zero-order valence-electron chi connectivity index (χ0n) is 16.5. The van der Waals surface area contributed by atoms with Gasteiger partial charge >= 0.3 is 0 Å². The highest BCUT2D eigenvalue weighted by Gasteiger charge is 2.21. The molecule has 28 heavy (non-hydrogen) atoms. The summed E-state index contributed by atoms with van der Waals surface area (Å²) in [5, 5.41) is 3.18. The van der Waals surface area contributed by atoms with E-state index in [1.807, 2.05) is 69.4 Å². The zero-order chi connectivity index (χ0) is 20.1. The number of carbonyl (C=O) groups is 1. The molecular formula is C22H24N2O2S2. The van der Waals surface area contributed by atoms with Crippen LogP contribution in [0.25, 0.3) is 0 Å². The molecule has 6 heteroatoms. The molecule has 0 N–H and O–H groups in total. The molecule has 3 aromatic rings. The molecule has 0 aliphatic rings. The first-order valence-corrected chi connectivity index (χ1v) is 10.9. The summed E-state index contributed by atoms with van der Waals surface area (Å²) >= 11 is 3.40. The number of rotatable bonds is 7. The predicted octanol–water partition coefficient (Wildman–Crippen LogP) is 5.59. The Morgan fingerprint density at radius 3 is 2.57 bits per heavy atom. The monoisotopic (exact) mass is 412 g/mol. The largest absolute Gasteiger partial charge is 0.496 e.